The summed E-state index contributed by atoms with van der Waals surface area (Å²) >= 11 is 7.54. The van der Waals surface area contributed by atoms with Crippen molar-refractivity contribution >= 4 is 35.7 Å². The van der Waals surface area contributed by atoms with Crippen molar-refractivity contribution in [2.45, 2.75) is 9.96 Å². The molecule has 0 bridgehead atoms. The number of hydrogen-bond donors (Lipinski definition) is 1. The molecule has 0 aliphatic rings. The third kappa shape index (κ3) is 1.88. The molecule has 1 rings (SSSR count). The maximum atomic E-state index is 4.13. The van der Waals surface area contributed by atoms with E-state index in [1.54, 1.807) is 23.1 Å². The number of aromatic nitrogens is 1. The Labute approximate surface area is 68.3 Å². The Kier molecular flexibility index (Phi) is 2.88. The summed E-state index contributed by atoms with van der Waals surface area (Å²) in [5.41, 5.74) is 0. The van der Waals surface area contributed by atoms with E-state index < -0.39 is 0 Å². The van der Waals surface area contributed by atoms with Gasteiger partial charge in [-0.1, -0.05) is 0 Å². The molecule has 0 N–H and O–H groups in total. The number of nitrogens with zero attached hydrogens (tertiary/aromatic N) is 1. The van der Waals surface area contributed by atoms with Gasteiger partial charge in [0, 0.05) is 5.75 Å². The number of thiazole rings is 1. The largest absolute Gasteiger partial charge is 0.248 e. The molecule has 1 heterocycles. The quantitative estimate of drug-likeness (QED) is 0.550. The second-order valence-corrected chi connectivity index (χ2v) is 3.97. The molecule has 0 aliphatic heterocycles. The summed E-state index contributed by atoms with van der Waals surface area (Å²) < 4.78 is 1.26. The Morgan fingerprint density at radius 1 is 1.89 bits per heavy atom. The van der Waals surface area contributed by atoms with Crippen molar-refractivity contribution in [1.29, 1.82) is 0 Å². The molecule has 1 nitrogen and oxygen atoms in total. The smallest absolute Gasteiger partial charge is 0.103 e. The van der Waals surface area contributed by atoms with Crippen molar-refractivity contribution in [2.75, 3.05) is 6.26 Å². The van der Waals surface area contributed by atoms with Gasteiger partial charge in [-0.3, -0.25) is 0 Å². The van der Waals surface area contributed by atoms with E-state index in [0.717, 1.165) is 10.8 Å². The maximum absolute atomic E-state index is 4.13. The highest BCUT2D eigenvalue weighted by molar-refractivity contribution is 8.00. The SMILES string of the molecule is CSc1cnc(CS)s1. The van der Waals surface area contributed by atoms with Gasteiger partial charge < -0.3 is 0 Å². The van der Waals surface area contributed by atoms with Gasteiger partial charge in [-0.15, -0.1) is 23.1 Å². The predicted molar refractivity (Wildman–Crippen MR) is 46.6 cm³/mol. The van der Waals surface area contributed by atoms with Crippen LogP contribution in [0.3, 0.4) is 0 Å². The topological polar surface area (TPSA) is 12.9 Å². The zero-order valence-electron chi connectivity index (χ0n) is 5.00. The van der Waals surface area contributed by atoms with Crippen molar-refractivity contribution in [1.82, 2.24) is 4.98 Å². The lowest BCUT2D eigenvalue weighted by Crippen LogP contribution is -1.67. The molecule has 0 saturated carbocycles. The minimum Gasteiger partial charge on any atom is -0.248 e. The van der Waals surface area contributed by atoms with Gasteiger partial charge in [-0.05, 0) is 6.26 Å². The molecule has 0 unspecified atom stereocenters. The van der Waals surface area contributed by atoms with E-state index in [4.69, 9.17) is 0 Å². The average molecular weight is 177 g/mol. The monoisotopic (exact) mass is 177 g/mol. The predicted octanol–water partition coefficient (Wildman–Crippen LogP) is 2.29. The van der Waals surface area contributed by atoms with Gasteiger partial charge in [0.2, 0.25) is 0 Å². The van der Waals surface area contributed by atoms with E-state index in [-0.39, 0.29) is 0 Å². The first-order valence-electron chi connectivity index (χ1n) is 2.46. The molecule has 0 amide bonds. The standard InChI is InChI=1S/C5H7NS3/c1-8-5-2-6-4(3-7)9-5/h2,7H,3H2,1H3. The van der Waals surface area contributed by atoms with Gasteiger partial charge in [0.1, 0.15) is 5.01 Å². The lowest BCUT2D eigenvalue weighted by Gasteiger charge is -1.81. The molecule has 0 atom stereocenters. The van der Waals surface area contributed by atoms with Crippen LogP contribution in [-0.2, 0) is 5.75 Å². The molecule has 1 aromatic rings. The van der Waals surface area contributed by atoms with Crippen LogP contribution in [0.4, 0.5) is 0 Å². The fourth-order valence-electron chi connectivity index (χ4n) is 0.461. The lowest BCUT2D eigenvalue weighted by molar-refractivity contribution is 1.26. The van der Waals surface area contributed by atoms with Crippen LogP contribution in [0.25, 0.3) is 0 Å². The van der Waals surface area contributed by atoms with Gasteiger partial charge in [-0.2, -0.15) is 12.6 Å². The molecular formula is C5H7NS3. The van der Waals surface area contributed by atoms with Crippen molar-refractivity contribution in [2.24, 2.45) is 0 Å². The first kappa shape index (κ1) is 7.44. The maximum Gasteiger partial charge on any atom is 0.103 e. The summed E-state index contributed by atoms with van der Waals surface area (Å²) in [4.78, 5) is 4.13. The van der Waals surface area contributed by atoms with Crippen LogP contribution in [0.15, 0.2) is 10.4 Å². The van der Waals surface area contributed by atoms with Gasteiger partial charge in [0.15, 0.2) is 0 Å². The van der Waals surface area contributed by atoms with Crippen LogP contribution < -0.4 is 0 Å². The van der Waals surface area contributed by atoms with Crippen molar-refractivity contribution in [3.8, 4) is 0 Å². The van der Waals surface area contributed by atoms with Crippen LogP contribution in [0.2, 0.25) is 0 Å². The highest BCUT2D eigenvalue weighted by Gasteiger charge is 1.96. The Bertz CT molecular complexity index is 166. The third-order valence-electron chi connectivity index (χ3n) is 0.869. The van der Waals surface area contributed by atoms with E-state index in [9.17, 15) is 0 Å². The Hall–Kier alpha value is 0.330. The molecule has 0 spiro atoms. The number of thiol groups is 1. The molecular weight excluding hydrogens is 170 g/mol. The van der Waals surface area contributed by atoms with Crippen LogP contribution in [-0.4, -0.2) is 11.2 Å². The lowest BCUT2D eigenvalue weighted by atomic mass is 10.8. The average Bonchev–Trinajstić information content (AvgIpc) is 2.34. The zero-order valence-corrected chi connectivity index (χ0v) is 7.52. The second-order valence-electron chi connectivity index (χ2n) is 1.44. The highest BCUT2D eigenvalue weighted by atomic mass is 32.2. The number of hydrogen-bond acceptors (Lipinski definition) is 4. The summed E-state index contributed by atoms with van der Waals surface area (Å²) in [6, 6.07) is 0. The molecule has 9 heavy (non-hydrogen) atoms. The Morgan fingerprint density at radius 3 is 3.00 bits per heavy atom. The summed E-state index contributed by atoms with van der Waals surface area (Å²) in [7, 11) is 0. The van der Waals surface area contributed by atoms with E-state index in [0.29, 0.717) is 0 Å². The molecule has 1 aromatic heterocycles. The fourth-order valence-corrected chi connectivity index (χ4v) is 2.02. The number of thioether (sulfide) groups is 1. The second kappa shape index (κ2) is 3.49. The van der Waals surface area contributed by atoms with Gasteiger partial charge >= 0.3 is 0 Å². The van der Waals surface area contributed by atoms with Crippen LogP contribution in [0.5, 0.6) is 0 Å². The molecule has 0 aromatic carbocycles. The van der Waals surface area contributed by atoms with E-state index in [2.05, 4.69) is 23.9 Å². The normalized spacial score (nSPS) is 10.0. The van der Waals surface area contributed by atoms with Gasteiger partial charge in [0.05, 0.1) is 10.4 Å². The third-order valence-corrected chi connectivity index (χ3v) is 3.43. The first-order chi connectivity index (χ1) is 4.36. The zero-order chi connectivity index (χ0) is 6.69. The summed E-state index contributed by atoms with van der Waals surface area (Å²) in [6.45, 7) is 0. The molecule has 50 valence electrons. The first-order valence-corrected chi connectivity index (χ1v) is 5.13. The fraction of sp³-hybridized carbons (Fsp3) is 0.400. The summed E-state index contributed by atoms with van der Waals surface area (Å²) in [5, 5.41) is 1.10. The van der Waals surface area contributed by atoms with Crippen molar-refractivity contribution in [3.63, 3.8) is 0 Å². The van der Waals surface area contributed by atoms with E-state index >= 15 is 0 Å². The van der Waals surface area contributed by atoms with Crippen molar-refractivity contribution < 1.29 is 0 Å². The van der Waals surface area contributed by atoms with Crippen LogP contribution in [0, 0.1) is 0 Å². The molecule has 0 radical (unpaired) electrons. The van der Waals surface area contributed by atoms with Crippen molar-refractivity contribution in [3.05, 3.63) is 11.2 Å². The molecule has 0 saturated heterocycles. The summed E-state index contributed by atoms with van der Waals surface area (Å²) in [5.74, 6) is 0.755. The van der Waals surface area contributed by atoms with E-state index in [1.165, 1.54) is 4.21 Å². The number of rotatable bonds is 2. The Balaban J connectivity index is 2.74. The Morgan fingerprint density at radius 2 is 2.67 bits per heavy atom. The van der Waals surface area contributed by atoms with Crippen LogP contribution >= 0.6 is 35.7 Å². The van der Waals surface area contributed by atoms with E-state index in [1.807, 2.05) is 6.20 Å². The molecule has 4 heteroatoms. The van der Waals surface area contributed by atoms with Gasteiger partial charge in [0.25, 0.3) is 0 Å². The summed E-state index contributed by atoms with van der Waals surface area (Å²) in [6.07, 6.45) is 3.94. The minimum atomic E-state index is 0.755. The van der Waals surface area contributed by atoms with Crippen LogP contribution in [0.1, 0.15) is 5.01 Å². The highest BCUT2D eigenvalue weighted by Crippen LogP contribution is 2.22. The molecule has 0 aliphatic carbocycles. The minimum absolute atomic E-state index is 0.755. The molecule has 0 fully saturated rings. The van der Waals surface area contributed by atoms with Gasteiger partial charge in [-0.25, -0.2) is 4.98 Å².